The summed E-state index contributed by atoms with van der Waals surface area (Å²) in [7, 11) is 0. The summed E-state index contributed by atoms with van der Waals surface area (Å²) in [5, 5.41) is 41.0. The number of rotatable bonds is 32. The van der Waals surface area contributed by atoms with Crippen LogP contribution in [0.15, 0.2) is 137 Å². The van der Waals surface area contributed by atoms with E-state index in [1.807, 2.05) is 58.5 Å². The van der Waals surface area contributed by atoms with E-state index in [0.29, 0.717) is 70.5 Å². The summed E-state index contributed by atoms with van der Waals surface area (Å²) in [4.78, 5) is 40.7. The van der Waals surface area contributed by atoms with Gasteiger partial charge in [0.1, 0.15) is 35.8 Å². The van der Waals surface area contributed by atoms with E-state index < -0.39 is 6.67 Å². The summed E-state index contributed by atoms with van der Waals surface area (Å²) in [6, 6.07) is 21.7. The number of aliphatic hydroxyl groups is 1. The van der Waals surface area contributed by atoms with E-state index in [-0.39, 0.29) is 36.8 Å². The molecule has 15 heterocycles. The molecule has 0 radical (unpaired) electrons. The Morgan fingerprint density at radius 1 is 0.458 bits per heavy atom. The molecule has 624 valence electrons. The number of hydrogen-bond acceptors (Lipinski definition) is 28. The summed E-state index contributed by atoms with van der Waals surface area (Å²) >= 11 is 62.5. The van der Waals surface area contributed by atoms with Gasteiger partial charge in [0, 0.05) is 155 Å². The van der Waals surface area contributed by atoms with Crippen LogP contribution in [0.5, 0.6) is 0 Å². The van der Waals surface area contributed by atoms with Gasteiger partial charge in [-0.1, -0.05) is 96.1 Å². The summed E-state index contributed by atoms with van der Waals surface area (Å²) in [5.41, 5.74) is 41.0. The maximum Gasteiger partial charge on any atom is 0.131 e. The summed E-state index contributed by atoms with van der Waals surface area (Å²) < 4.78 is 21.7. The molecule has 0 aromatic carbocycles. The third kappa shape index (κ3) is 25.1. The van der Waals surface area contributed by atoms with Crippen LogP contribution in [-0.2, 0) is 64.8 Å². The molecule has 0 saturated heterocycles. The van der Waals surface area contributed by atoms with Crippen molar-refractivity contribution in [2.24, 2.45) is 28.7 Å². The van der Waals surface area contributed by atoms with Gasteiger partial charge in [-0.15, -0.1) is 120 Å². The van der Waals surface area contributed by atoms with Crippen molar-refractivity contribution < 1.29 is 9.50 Å². The van der Waals surface area contributed by atoms with Gasteiger partial charge < -0.3 is 60.4 Å². The molecule has 18 nitrogen and oxygen atoms in total. The van der Waals surface area contributed by atoms with Crippen LogP contribution in [0.2, 0.25) is 25.8 Å². The van der Waals surface area contributed by atoms with Crippen LogP contribution >= 0.6 is 235 Å². The van der Waals surface area contributed by atoms with Gasteiger partial charge >= 0.3 is 0 Å². The van der Waals surface area contributed by atoms with Crippen molar-refractivity contribution in [3.8, 4) is 0 Å². The number of hydrogen-bond donors (Lipinski definition) is 11. The number of aromatic nitrogens is 7. The van der Waals surface area contributed by atoms with Crippen molar-refractivity contribution in [1.82, 2.24) is 34.9 Å². The molecule has 0 bridgehead atoms. The van der Waals surface area contributed by atoms with E-state index >= 15 is 0 Å². The van der Waals surface area contributed by atoms with Crippen LogP contribution in [0.25, 0.3) is 51.1 Å². The molecule has 15 aromatic heterocycles. The highest BCUT2D eigenvalue weighted by molar-refractivity contribution is 9.11. The zero-order valence-electron chi connectivity index (χ0n) is 63.5. The van der Waals surface area contributed by atoms with Gasteiger partial charge in [-0.2, -0.15) is 0 Å². The largest absolute Gasteiger partial charge is 0.395 e. The van der Waals surface area contributed by atoms with Crippen molar-refractivity contribution in [2.45, 2.75) is 147 Å². The number of halogens is 10. The van der Waals surface area contributed by atoms with E-state index in [0.717, 1.165) is 163 Å². The fourth-order valence-electron chi connectivity index (χ4n) is 12.1. The third-order valence-corrected chi connectivity index (χ3v) is 34.2. The Labute approximate surface area is 782 Å². The van der Waals surface area contributed by atoms with Gasteiger partial charge in [0.05, 0.1) is 124 Å². The normalized spacial score (nSPS) is 13.3. The van der Waals surface area contributed by atoms with Crippen molar-refractivity contribution >= 4 is 315 Å². The zero-order valence-corrected chi connectivity index (χ0v) is 81.8. The Morgan fingerprint density at radius 2 is 0.780 bits per heavy atom. The van der Waals surface area contributed by atoms with Crippen molar-refractivity contribution in [3.05, 3.63) is 217 Å². The number of nitrogens with one attached hydrogen (secondary N) is 5. The fraction of sp³-hybridized carbons (Fsp3) is 0.312. The molecule has 5 atom stereocenters. The number of nitrogens with two attached hydrogens (primary N) is 5. The van der Waals surface area contributed by atoms with Gasteiger partial charge in [-0.3, -0.25) is 4.39 Å². The lowest BCUT2D eigenvalue weighted by molar-refractivity contribution is 0.265. The standard InChI is InChI=1S/C19H22ClN3S2.C16H16BrClFN3S2.C16H17BrClN3S2.C15H14BrClN4S2.C14H14BrClN4OS2/c1-2-12(21)8-15-17(11-5-6-11)18-19(25-15)14(9-16(20)23-18)22-10-13-4-3-7-24-13;17-14-12(6-9(20)3-4-19)24-16-11(7-13(18)22-15(14)16)21-8-10-2-1-5-23-10;1-2-9(19)6-12-14(17)15-16(23-12)11(7-13(18)21-15)20-8-10-4-3-5-22-10;1-2-8(18)5-10-13(16)14-15(23-10)9(6-11(17)21-14)20-7-12-19-3-4-22-12;15-12-9(3-7(17)6-21)23-14-8(4-10(16)20-13(12)14)19-5-11-18-1-2-22-11/h3-4,7,9,11-12H,2,5-6,8,10,21H2,1H3,(H,22,23);1-2,5,7,9H,3-4,6,8,20H2,(H,21,22);3-5,7,9H,2,6,8,19H2,1H3,(H,20,21);2-4,6,8H,1,5,7,18H2,(H,20,21);1-2,4,7,21H,3,5-6,17H2,(H,19,20)/t12-;2*9-;8-;7-/m00001/s1. The first kappa shape index (κ1) is 92.9. The number of pyridine rings is 5. The summed E-state index contributed by atoms with van der Waals surface area (Å²) in [6.45, 7) is 11.2. The third-order valence-electron chi connectivity index (χ3n) is 18.4. The number of thiazole rings is 2. The molecule has 1 fully saturated rings. The lowest BCUT2D eigenvalue weighted by Crippen LogP contribution is -2.26. The predicted molar refractivity (Wildman–Crippen MR) is 527 cm³/mol. The number of nitrogens with zero attached hydrogens (tertiary/aromatic N) is 7. The number of anilines is 5. The topological polar surface area (TPSA) is 301 Å². The second kappa shape index (κ2) is 45.0. The van der Waals surface area contributed by atoms with Gasteiger partial charge in [0.15, 0.2) is 0 Å². The minimum absolute atomic E-state index is 0.0516. The van der Waals surface area contributed by atoms with Crippen LogP contribution in [0.4, 0.5) is 32.8 Å². The van der Waals surface area contributed by atoms with E-state index in [1.54, 1.807) is 121 Å². The van der Waals surface area contributed by atoms with Gasteiger partial charge in [0.25, 0.3) is 0 Å². The second-order valence-corrected chi connectivity index (χ2v) is 42.9. The van der Waals surface area contributed by atoms with Crippen LogP contribution < -0.4 is 55.3 Å². The molecule has 15 aromatic rings. The van der Waals surface area contributed by atoms with Crippen LogP contribution in [-0.4, -0.2) is 83.5 Å². The first-order valence-corrected chi connectivity index (χ1v) is 50.8. The Hall–Kier alpha value is -4.29. The SMILES string of the molecule is C=C[C@H](N)Cc1sc2c(NCc3nccs3)cc(Cl)nc2c1Br.CC[C@H](N)Cc1sc2c(NCc3cccs3)cc(Cl)nc2c1Br.CC[C@H](N)Cc1sc2c(NCc3cccs3)cc(Cl)nc2c1C1CC1.N[C@@H](CCF)Cc1sc2c(NCc3cccs3)cc(Cl)nc2c1Br.N[C@@H](CO)Cc1sc2c(NCc3nccs3)cc(Cl)nc2c1Br. The van der Waals surface area contributed by atoms with Crippen molar-refractivity contribution in [2.75, 3.05) is 39.9 Å². The number of alkyl halides is 1. The number of thiophene rings is 8. The summed E-state index contributed by atoms with van der Waals surface area (Å²) in [6.07, 6.45) is 13.9. The molecule has 0 unspecified atom stereocenters. The highest BCUT2D eigenvalue weighted by Gasteiger charge is 2.32. The number of aliphatic hydroxyl groups excluding tert-OH is 1. The van der Waals surface area contributed by atoms with Crippen LogP contribution in [0.3, 0.4) is 0 Å². The monoisotopic (exact) mass is 2130 g/mol. The quantitative estimate of drug-likeness (QED) is 0.0138. The smallest absolute Gasteiger partial charge is 0.131 e. The molecule has 1 aliphatic carbocycles. The van der Waals surface area contributed by atoms with E-state index in [2.05, 4.69) is 187 Å². The lowest BCUT2D eigenvalue weighted by Gasteiger charge is -2.08. The first-order valence-electron chi connectivity index (χ1n) is 37.3. The lowest BCUT2D eigenvalue weighted by atomic mass is 10.0. The Balaban J connectivity index is 0.000000136. The van der Waals surface area contributed by atoms with Gasteiger partial charge in [-0.25, -0.2) is 34.9 Å². The highest BCUT2D eigenvalue weighted by atomic mass is 79.9. The maximum atomic E-state index is 12.5. The average Bonchev–Trinajstić information content (AvgIpc) is 1.60. The maximum absolute atomic E-state index is 12.5. The van der Waals surface area contributed by atoms with E-state index in [1.165, 1.54) is 47.5 Å². The Morgan fingerprint density at radius 3 is 1.09 bits per heavy atom. The predicted octanol–water partition coefficient (Wildman–Crippen LogP) is 25.5. The average molecular weight is 2140 g/mol. The molecule has 118 heavy (non-hydrogen) atoms. The van der Waals surface area contributed by atoms with Crippen molar-refractivity contribution in [1.29, 1.82) is 0 Å². The fourth-order valence-corrected chi connectivity index (χ4v) is 25.7. The highest BCUT2D eigenvalue weighted by Crippen LogP contribution is 2.51. The second-order valence-electron chi connectivity index (χ2n) is 27.2. The Kier molecular flexibility index (Phi) is 35.5. The molecule has 0 amide bonds. The molecule has 0 aliphatic heterocycles. The molecule has 38 heteroatoms. The number of fused-ring (bicyclic) bond motifs is 5. The van der Waals surface area contributed by atoms with Crippen LogP contribution in [0.1, 0.15) is 106 Å². The molecule has 1 aliphatic rings. The molecular weight excluding hydrogens is 2050 g/mol. The molecular formula is C80H83Br4Cl5FN17OS10. The van der Waals surface area contributed by atoms with E-state index in [4.69, 9.17) is 96.8 Å². The van der Waals surface area contributed by atoms with E-state index in [9.17, 15) is 4.39 Å². The zero-order chi connectivity index (χ0) is 83.7. The Bertz CT molecular complexity index is 5620. The van der Waals surface area contributed by atoms with Crippen LogP contribution in [0, 0.1) is 0 Å². The molecule has 1 saturated carbocycles. The van der Waals surface area contributed by atoms with Crippen molar-refractivity contribution in [3.63, 3.8) is 0 Å². The molecule has 16 rings (SSSR count). The summed E-state index contributed by atoms with van der Waals surface area (Å²) in [5.74, 6) is 0.643. The first-order chi connectivity index (χ1) is 57.0. The molecule has 16 N–H and O–H groups in total. The minimum Gasteiger partial charge on any atom is -0.395 e. The minimum atomic E-state index is -0.401. The molecule has 0 spiro atoms. The van der Waals surface area contributed by atoms with Gasteiger partial charge in [0.2, 0.25) is 0 Å². The van der Waals surface area contributed by atoms with Gasteiger partial charge in [-0.05, 0) is 161 Å².